The second-order valence-electron chi connectivity index (χ2n) is 7.31. The van der Waals surface area contributed by atoms with E-state index in [9.17, 15) is 13.2 Å². The van der Waals surface area contributed by atoms with Gasteiger partial charge in [0.05, 0.1) is 18.1 Å². The van der Waals surface area contributed by atoms with Crippen molar-refractivity contribution in [3.63, 3.8) is 0 Å². The Morgan fingerprint density at radius 1 is 0.871 bits per heavy atom. The number of sulfonamides is 1. The number of amides is 1. The molecule has 1 N–H and O–H groups in total. The van der Waals surface area contributed by atoms with Crippen LogP contribution in [0.25, 0.3) is 21.9 Å². The topological polar surface area (TPSA) is 88.8 Å². The summed E-state index contributed by atoms with van der Waals surface area (Å²) < 4.78 is 38.2. The first-order valence-corrected chi connectivity index (χ1v) is 11.4. The number of furan rings is 1. The average molecular weight is 436 g/mol. The van der Waals surface area contributed by atoms with Crippen molar-refractivity contribution in [3.05, 3.63) is 72.3 Å². The van der Waals surface area contributed by atoms with Gasteiger partial charge in [-0.3, -0.25) is 4.79 Å². The maximum atomic E-state index is 12.9. The quantitative estimate of drug-likeness (QED) is 0.525. The van der Waals surface area contributed by atoms with E-state index in [-0.39, 0.29) is 10.5 Å². The standard InChI is InChI=1S/C23H20N2O5S/c26-23(16-4-3-5-18(14-16)31(27,28)25-10-12-29-13-11-25)24-17-8-9-20-19-6-1-2-7-21(19)30-22(20)15-17/h1-9,14-15H,10-13H2,(H,24,26). The van der Waals surface area contributed by atoms with Crippen LogP contribution in [-0.2, 0) is 14.8 Å². The van der Waals surface area contributed by atoms with E-state index in [1.807, 2.05) is 30.3 Å². The molecule has 0 spiro atoms. The third-order valence-electron chi connectivity index (χ3n) is 5.34. The lowest BCUT2D eigenvalue weighted by Gasteiger charge is -2.26. The van der Waals surface area contributed by atoms with Gasteiger partial charge < -0.3 is 14.5 Å². The summed E-state index contributed by atoms with van der Waals surface area (Å²) in [6, 6.07) is 19.3. The van der Waals surface area contributed by atoms with E-state index in [1.54, 1.807) is 24.3 Å². The van der Waals surface area contributed by atoms with Crippen LogP contribution in [0.15, 0.2) is 76.0 Å². The second-order valence-corrected chi connectivity index (χ2v) is 9.25. The van der Waals surface area contributed by atoms with E-state index in [0.29, 0.717) is 37.6 Å². The van der Waals surface area contributed by atoms with Gasteiger partial charge in [-0.2, -0.15) is 4.31 Å². The molecule has 3 aromatic carbocycles. The van der Waals surface area contributed by atoms with Crippen molar-refractivity contribution in [2.75, 3.05) is 31.6 Å². The predicted octanol–water partition coefficient (Wildman–Crippen LogP) is 3.86. The Hall–Kier alpha value is -3.20. The Balaban J connectivity index is 1.40. The molecule has 1 saturated heterocycles. The van der Waals surface area contributed by atoms with Gasteiger partial charge in [0.15, 0.2) is 0 Å². The number of morpholine rings is 1. The summed E-state index contributed by atoms with van der Waals surface area (Å²) in [4.78, 5) is 12.9. The molecule has 0 radical (unpaired) electrons. The molecule has 158 valence electrons. The molecular weight excluding hydrogens is 416 g/mol. The number of nitrogens with one attached hydrogen (secondary N) is 1. The zero-order valence-corrected chi connectivity index (χ0v) is 17.4. The highest BCUT2D eigenvalue weighted by molar-refractivity contribution is 7.89. The van der Waals surface area contributed by atoms with Crippen LogP contribution in [0, 0.1) is 0 Å². The SMILES string of the molecule is O=C(Nc1ccc2c(c1)oc1ccccc12)c1cccc(S(=O)(=O)N2CCOCC2)c1. The number of rotatable bonds is 4. The van der Waals surface area contributed by atoms with Gasteiger partial charge in [0.25, 0.3) is 5.91 Å². The van der Waals surface area contributed by atoms with Crippen LogP contribution < -0.4 is 5.32 Å². The van der Waals surface area contributed by atoms with Crippen molar-refractivity contribution >= 4 is 43.6 Å². The largest absolute Gasteiger partial charge is 0.456 e. The van der Waals surface area contributed by atoms with Crippen molar-refractivity contribution in [3.8, 4) is 0 Å². The summed E-state index contributed by atoms with van der Waals surface area (Å²) in [7, 11) is -3.68. The number of ether oxygens (including phenoxy) is 1. The maximum Gasteiger partial charge on any atom is 0.255 e. The molecule has 7 nitrogen and oxygen atoms in total. The predicted molar refractivity (Wildman–Crippen MR) is 118 cm³/mol. The number of hydrogen-bond donors (Lipinski definition) is 1. The van der Waals surface area contributed by atoms with Gasteiger partial charge in [-0.1, -0.05) is 24.3 Å². The fraction of sp³-hybridized carbons (Fsp3) is 0.174. The highest BCUT2D eigenvalue weighted by Crippen LogP contribution is 2.30. The molecule has 0 atom stereocenters. The number of nitrogens with zero attached hydrogens (tertiary/aromatic N) is 1. The molecule has 2 heterocycles. The summed E-state index contributed by atoms with van der Waals surface area (Å²) in [5.41, 5.74) is 2.28. The molecular formula is C23H20N2O5S. The minimum Gasteiger partial charge on any atom is -0.456 e. The van der Waals surface area contributed by atoms with Crippen molar-refractivity contribution < 1.29 is 22.4 Å². The van der Waals surface area contributed by atoms with Crippen molar-refractivity contribution in [2.45, 2.75) is 4.90 Å². The van der Waals surface area contributed by atoms with Crippen LogP contribution in [0.2, 0.25) is 0 Å². The highest BCUT2D eigenvalue weighted by atomic mass is 32.2. The van der Waals surface area contributed by atoms with Gasteiger partial charge in [0.2, 0.25) is 10.0 Å². The van der Waals surface area contributed by atoms with Crippen molar-refractivity contribution in [2.24, 2.45) is 0 Å². The molecule has 0 bridgehead atoms. The number of carbonyl (C=O) groups excluding carboxylic acids is 1. The lowest BCUT2D eigenvalue weighted by molar-refractivity contribution is 0.0730. The molecule has 5 rings (SSSR count). The number of anilines is 1. The maximum absolute atomic E-state index is 12.9. The lowest BCUT2D eigenvalue weighted by atomic mass is 10.1. The molecule has 0 aliphatic carbocycles. The number of hydrogen-bond acceptors (Lipinski definition) is 5. The van der Waals surface area contributed by atoms with Crippen LogP contribution in [0.4, 0.5) is 5.69 Å². The molecule has 4 aromatic rings. The molecule has 8 heteroatoms. The van der Waals surface area contributed by atoms with Gasteiger partial charge in [-0.15, -0.1) is 0 Å². The van der Waals surface area contributed by atoms with Gasteiger partial charge in [0.1, 0.15) is 11.2 Å². The van der Waals surface area contributed by atoms with Gasteiger partial charge in [0, 0.05) is 41.2 Å². The van der Waals surface area contributed by atoms with E-state index in [4.69, 9.17) is 9.15 Å². The summed E-state index contributed by atoms with van der Waals surface area (Å²) in [5.74, 6) is -0.394. The Labute approximate surface area is 179 Å². The van der Waals surface area contributed by atoms with Gasteiger partial charge >= 0.3 is 0 Å². The van der Waals surface area contributed by atoms with E-state index in [0.717, 1.165) is 16.4 Å². The summed E-state index contributed by atoms with van der Waals surface area (Å²) in [6.07, 6.45) is 0. The van der Waals surface area contributed by atoms with Crippen LogP contribution in [0.1, 0.15) is 10.4 Å². The summed E-state index contributed by atoms with van der Waals surface area (Å²) in [6.45, 7) is 1.33. The average Bonchev–Trinajstić information content (AvgIpc) is 3.17. The fourth-order valence-electron chi connectivity index (χ4n) is 3.74. The zero-order valence-electron chi connectivity index (χ0n) is 16.6. The van der Waals surface area contributed by atoms with E-state index >= 15 is 0 Å². The lowest BCUT2D eigenvalue weighted by Crippen LogP contribution is -2.40. The van der Waals surface area contributed by atoms with E-state index in [1.165, 1.54) is 16.4 Å². The Morgan fingerprint density at radius 3 is 2.48 bits per heavy atom. The Morgan fingerprint density at radius 2 is 1.65 bits per heavy atom. The molecule has 31 heavy (non-hydrogen) atoms. The number of fused-ring (bicyclic) bond motifs is 3. The van der Waals surface area contributed by atoms with Crippen LogP contribution in [0.5, 0.6) is 0 Å². The molecule has 0 unspecified atom stereocenters. The Kier molecular flexibility index (Phi) is 4.97. The molecule has 0 saturated carbocycles. The number of para-hydroxylation sites is 1. The van der Waals surface area contributed by atoms with E-state index < -0.39 is 15.9 Å². The normalized spacial score (nSPS) is 15.4. The first-order valence-electron chi connectivity index (χ1n) is 9.93. The highest BCUT2D eigenvalue weighted by Gasteiger charge is 2.26. The summed E-state index contributed by atoms with van der Waals surface area (Å²) in [5, 5.41) is 4.80. The van der Waals surface area contributed by atoms with Gasteiger partial charge in [-0.25, -0.2) is 8.42 Å². The first kappa shape index (κ1) is 19.7. The fourth-order valence-corrected chi connectivity index (χ4v) is 5.20. The van der Waals surface area contributed by atoms with E-state index in [2.05, 4.69) is 5.32 Å². The number of benzene rings is 3. The van der Waals surface area contributed by atoms with Crippen LogP contribution in [-0.4, -0.2) is 44.9 Å². The molecule has 1 aliphatic rings. The molecule has 1 aliphatic heterocycles. The van der Waals surface area contributed by atoms with Crippen molar-refractivity contribution in [1.29, 1.82) is 0 Å². The minimum absolute atomic E-state index is 0.0924. The monoisotopic (exact) mass is 436 g/mol. The molecule has 1 amide bonds. The van der Waals surface area contributed by atoms with Gasteiger partial charge in [-0.05, 0) is 36.4 Å². The molecule has 1 aromatic heterocycles. The second kappa shape index (κ2) is 7.81. The first-order chi connectivity index (χ1) is 15.0. The third kappa shape index (κ3) is 3.69. The van der Waals surface area contributed by atoms with Crippen molar-refractivity contribution in [1.82, 2.24) is 4.31 Å². The zero-order chi connectivity index (χ0) is 21.4. The third-order valence-corrected chi connectivity index (χ3v) is 7.24. The smallest absolute Gasteiger partial charge is 0.255 e. The number of carbonyl (C=O) groups is 1. The van der Waals surface area contributed by atoms with Crippen LogP contribution in [0.3, 0.4) is 0 Å². The Bertz CT molecular complexity index is 1390. The molecule has 1 fully saturated rings. The van der Waals surface area contributed by atoms with Crippen LogP contribution >= 0.6 is 0 Å². The summed E-state index contributed by atoms with van der Waals surface area (Å²) >= 11 is 0. The minimum atomic E-state index is -3.68.